The van der Waals surface area contributed by atoms with E-state index in [2.05, 4.69) is 27.9 Å². The van der Waals surface area contributed by atoms with Gasteiger partial charge >= 0.3 is 0 Å². The van der Waals surface area contributed by atoms with Crippen molar-refractivity contribution in [1.29, 1.82) is 0 Å². The molecule has 0 aliphatic carbocycles. The highest BCUT2D eigenvalue weighted by molar-refractivity contribution is 14.1. The lowest BCUT2D eigenvalue weighted by Gasteiger charge is -2.08. The summed E-state index contributed by atoms with van der Waals surface area (Å²) in [6, 6.07) is 13.8. The van der Waals surface area contributed by atoms with Crippen molar-refractivity contribution in [3.63, 3.8) is 0 Å². The molecule has 0 atom stereocenters. The third kappa shape index (κ3) is 6.12. The largest absolute Gasteiger partial charge is 0.494 e. The summed E-state index contributed by atoms with van der Waals surface area (Å²) in [4.78, 5) is 12.1. The average molecular weight is 459 g/mol. The lowest BCUT2D eigenvalue weighted by Crippen LogP contribution is -2.12. The van der Waals surface area contributed by atoms with Gasteiger partial charge in [-0.25, -0.2) is 8.42 Å². The van der Waals surface area contributed by atoms with Crippen molar-refractivity contribution in [2.24, 2.45) is 0 Å². The van der Waals surface area contributed by atoms with Crippen LogP contribution in [0.2, 0.25) is 0 Å². The van der Waals surface area contributed by atoms with Crippen LogP contribution < -0.4 is 10.1 Å². The van der Waals surface area contributed by atoms with Gasteiger partial charge in [-0.2, -0.15) is 0 Å². The first kappa shape index (κ1) is 18.7. The first-order chi connectivity index (χ1) is 11.3. The maximum absolute atomic E-state index is 11.8. The highest BCUT2D eigenvalue weighted by Gasteiger charge is 2.07. The van der Waals surface area contributed by atoms with E-state index in [1.807, 2.05) is 24.3 Å². The summed E-state index contributed by atoms with van der Waals surface area (Å²) in [5.41, 5.74) is 0.776. The molecule has 0 spiro atoms. The van der Waals surface area contributed by atoms with Crippen LogP contribution in [0, 0.1) is 3.57 Å². The number of carbonyl (C=O) groups excluding carboxylic acids is 1. The van der Waals surface area contributed by atoms with E-state index < -0.39 is 9.84 Å². The molecule has 0 unspecified atom stereocenters. The fourth-order valence-corrected chi connectivity index (χ4v) is 2.95. The Morgan fingerprint density at radius 3 is 2.29 bits per heavy atom. The molecule has 0 aliphatic rings. The van der Waals surface area contributed by atoms with Crippen LogP contribution in [0.25, 0.3) is 0 Å². The highest BCUT2D eigenvalue weighted by atomic mass is 127. The fourth-order valence-electron chi connectivity index (χ4n) is 1.96. The molecule has 0 radical (unpaired) electrons. The Hall–Kier alpha value is -1.61. The molecule has 24 heavy (non-hydrogen) atoms. The summed E-state index contributed by atoms with van der Waals surface area (Å²) in [5, 5.41) is 2.83. The number of hydrogen-bond acceptors (Lipinski definition) is 4. The summed E-state index contributed by atoms with van der Waals surface area (Å²) in [6.07, 6.45) is 2.09. The van der Waals surface area contributed by atoms with Gasteiger partial charge in [0, 0.05) is 21.9 Å². The van der Waals surface area contributed by atoms with E-state index >= 15 is 0 Å². The van der Waals surface area contributed by atoms with Crippen LogP contribution in [-0.4, -0.2) is 27.2 Å². The number of amides is 1. The van der Waals surface area contributed by atoms with E-state index in [-0.39, 0.29) is 10.8 Å². The van der Waals surface area contributed by atoms with Crippen LogP contribution >= 0.6 is 22.6 Å². The number of hydrogen-bond donors (Lipinski definition) is 1. The van der Waals surface area contributed by atoms with Crippen molar-refractivity contribution >= 4 is 44.0 Å². The zero-order valence-corrected chi connectivity index (χ0v) is 16.1. The van der Waals surface area contributed by atoms with E-state index in [9.17, 15) is 13.2 Å². The molecule has 0 aromatic heterocycles. The number of carbonyl (C=O) groups is 1. The van der Waals surface area contributed by atoms with Gasteiger partial charge in [-0.3, -0.25) is 4.79 Å². The van der Waals surface area contributed by atoms with Crippen LogP contribution in [-0.2, 0) is 14.6 Å². The third-order valence-electron chi connectivity index (χ3n) is 3.20. The smallest absolute Gasteiger partial charge is 0.224 e. The predicted molar refractivity (Wildman–Crippen MR) is 102 cm³/mol. The number of sulfone groups is 1. The van der Waals surface area contributed by atoms with Gasteiger partial charge in [0.15, 0.2) is 9.84 Å². The van der Waals surface area contributed by atoms with Gasteiger partial charge < -0.3 is 10.1 Å². The van der Waals surface area contributed by atoms with Crippen LogP contribution in [0.15, 0.2) is 53.4 Å². The number of anilines is 1. The van der Waals surface area contributed by atoms with Gasteiger partial charge in [0.2, 0.25) is 5.91 Å². The molecule has 2 rings (SSSR count). The summed E-state index contributed by atoms with van der Waals surface area (Å²) < 4.78 is 29.4. The minimum Gasteiger partial charge on any atom is -0.494 e. The van der Waals surface area contributed by atoms with Gasteiger partial charge in [-0.1, -0.05) is 0 Å². The van der Waals surface area contributed by atoms with Crippen molar-refractivity contribution < 1.29 is 17.9 Å². The number of nitrogens with one attached hydrogen (secondary N) is 1. The monoisotopic (exact) mass is 459 g/mol. The molecule has 0 bridgehead atoms. The van der Waals surface area contributed by atoms with Crippen molar-refractivity contribution in [2.45, 2.75) is 17.7 Å². The second-order valence-corrected chi connectivity index (χ2v) is 8.51. The Bertz CT molecular complexity index is 786. The first-order valence-electron chi connectivity index (χ1n) is 7.33. The van der Waals surface area contributed by atoms with Gasteiger partial charge in [-0.15, -0.1) is 0 Å². The molecule has 2 aromatic carbocycles. The number of benzene rings is 2. The average Bonchev–Trinajstić information content (AvgIpc) is 2.53. The Labute approximate surface area is 155 Å². The molecule has 1 amide bonds. The topological polar surface area (TPSA) is 72.5 Å². The van der Waals surface area contributed by atoms with E-state index in [4.69, 9.17) is 4.74 Å². The van der Waals surface area contributed by atoms with Crippen LogP contribution in [0.4, 0.5) is 5.69 Å². The van der Waals surface area contributed by atoms with Crippen molar-refractivity contribution in [1.82, 2.24) is 0 Å². The summed E-state index contributed by atoms with van der Waals surface area (Å²) in [6.45, 7) is 0.387. The molecule has 128 valence electrons. The Balaban J connectivity index is 1.72. The van der Waals surface area contributed by atoms with E-state index in [0.29, 0.717) is 25.2 Å². The van der Waals surface area contributed by atoms with Crippen LogP contribution in [0.1, 0.15) is 12.8 Å². The zero-order valence-electron chi connectivity index (χ0n) is 13.2. The molecule has 5 nitrogen and oxygen atoms in total. The SMILES string of the molecule is CS(=O)(=O)c1ccc(OCCCC(=O)Nc2ccc(I)cc2)cc1. The Kier molecular flexibility index (Phi) is 6.61. The summed E-state index contributed by atoms with van der Waals surface area (Å²) in [5.74, 6) is 0.521. The summed E-state index contributed by atoms with van der Waals surface area (Å²) in [7, 11) is -3.20. The lowest BCUT2D eigenvalue weighted by atomic mass is 10.2. The Morgan fingerprint density at radius 1 is 1.08 bits per heavy atom. The molecule has 0 fully saturated rings. The molecule has 7 heteroatoms. The summed E-state index contributed by atoms with van der Waals surface area (Å²) >= 11 is 2.21. The van der Waals surface area contributed by atoms with Crippen molar-refractivity contribution in [3.05, 3.63) is 52.1 Å². The second-order valence-electron chi connectivity index (χ2n) is 5.25. The van der Waals surface area contributed by atoms with Crippen molar-refractivity contribution in [3.8, 4) is 5.75 Å². The molecular weight excluding hydrogens is 441 g/mol. The predicted octanol–water partition coefficient (Wildman–Crippen LogP) is 3.49. The Morgan fingerprint density at radius 2 is 1.71 bits per heavy atom. The van der Waals surface area contributed by atoms with E-state index in [1.165, 1.54) is 12.1 Å². The number of ether oxygens (including phenoxy) is 1. The zero-order chi connectivity index (χ0) is 17.6. The van der Waals surface area contributed by atoms with E-state index in [0.717, 1.165) is 15.5 Å². The third-order valence-corrected chi connectivity index (χ3v) is 5.04. The minimum absolute atomic E-state index is 0.0627. The van der Waals surface area contributed by atoms with Crippen LogP contribution in [0.5, 0.6) is 5.75 Å². The van der Waals surface area contributed by atoms with Gasteiger partial charge in [0.25, 0.3) is 0 Å². The first-order valence-corrected chi connectivity index (χ1v) is 10.3. The number of halogens is 1. The minimum atomic E-state index is -3.20. The normalized spacial score (nSPS) is 11.1. The second kappa shape index (κ2) is 8.48. The van der Waals surface area contributed by atoms with Gasteiger partial charge in [-0.05, 0) is 77.5 Å². The molecule has 0 saturated carbocycles. The lowest BCUT2D eigenvalue weighted by molar-refractivity contribution is -0.116. The van der Waals surface area contributed by atoms with Crippen LogP contribution in [0.3, 0.4) is 0 Å². The molecule has 0 heterocycles. The molecule has 0 aliphatic heterocycles. The maximum atomic E-state index is 11.8. The van der Waals surface area contributed by atoms with E-state index in [1.54, 1.807) is 12.1 Å². The number of rotatable bonds is 7. The molecule has 2 aromatic rings. The van der Waals surface area contributed by atoms with Gasteiger partial charge in [0.1, 0.15) is 5.75 Å². The fraction of sp³-hybridized carbons (Fsp3) is 0.235. The molecule has 0 saturated heterocycles. The highest BCUT2D eigenvalue weighted by Crippen LogP contribution is 2.16. The quantitative estimate of drug-likeness (QED) is 0.509. The maximum Gasteiger partial charge on any atom is 0.224 e. The van der Waals surface area contributed by atoms with Gasteiger partial charge in [0.05, 0.1) is 11.5 Å². The standard InChI is InChI=1S/C17H18INO4S/c1-24(21,22)16-10-8-15(9-11-16)23-12-2-3-17(20)19-14-6-4-13(18)5-7-14/h4-11H,2-3,12H2,1H3,(H,19,20). The van der Waals surface area contributed by atoms with Crippen molar-refractivity contribution in [2.75, 3.05) is 18.2 Å². The molecular formula is C17H18INO4S. The molecule has 1 N–H and O–H groups in total.